The van der Waals surface area contributed by atoms with E-state index in [1.54, 1.807) is 0 Å². The van der Waals surface area contributed by atoms with Gasteiger partial charge in [-0.25, -0.2) is 0 Å². The van der Waals surface area contributed by atoms with Crippen molar-refractivity contribution in [1.82, 2.24) is 5.32 Å². The summed E-state index contributed by atoms with van der Waals surface area (Å²) in [5.41, 5.74) is 0. The molecule has 0 aliphatic rings. The zero-order valence-corrected chi connectivity index (χ0v) is 46.3. The molecule has 0 heterocycles. The number of hydrogen-bond acceptors (Lipinski definition) is 5. The highest BCUT2D eigenvalue weighted by molar-refractivity contribution is 5.76. The summed E-state index contributed by atoms with van der Waals surface area (Å²) in [4.78, 5) is 24.6. The number of unbranched alkanes of at least 4 members (excludes halogenated alkanes) is 40. The lowest BCUT2D eigenvalue weighted by molar-refractivity contribution is -0.143. The second-order valence-corrected chi connectivity index (χ2v) is 21.0. The predicted octanol–water partition coefficient (Wildman–Crippen LogP) is 19.2. The first-order chi connectivity index (χ1) is 34.0. The van der Waals surface area contributed by atoms with Gasteiger partial charge >= 0.3 is 5.97 Å². The molecule has 2 atom stereocenters. The molecule has 0 aromatic carbocycles. The Hall–Kier alpha value is -1.92. The molecule has 6 nitrogen and oxygen atoms in total. The quantitative estimate of drug-likeness (QED) is 0.0321. The Morgan fingerprint density at radius 3 is 1.14 bits per heavy atom. The molecule has 0 bridgehead atoms. The van der Waals surface area contributed by atoms with Gasteiger partial charge in [0.2, 0.25) is 5.91 Å². The number of amides is 1. The summed E-state index contributed by atoms with van der Waals surface area (Å²) in [6.45, 7) is 4.88. The van der Waals surface area contributed by atoms with E-state index in [-0.39, 0.29) is 18.5 Å². The van der Waals surface area contributed by atoms with Gasteiger partial charge in [-0.05, 0) is 89.9 Å². The van der Waals surface area contributed by atoms with Crippen LogP contribution >= 0.6 is 0 Å². The summed E-state index contributed by atoms with van der Waals surface area (Å²) >= 11 is 0. The molecule has 0 saturated heterocycles. The molecule has 0 spiro atoms. The third kappa shape index (κ3) is 55.2. The van der Waals surface area contributed by atoms with Crippen LogP contribution in [0.1, 0.15) is 328 Å². The van der Waals surface area contributed by atoms with Crippen molar-refractivity contribution in [3.8, 4) is 0 Å². The number of nitrogens with one attached hydrogen (secondary N) is 1. The van der Waals surface area contributed by atoms with E-state index in [4.69, 9.17) is 4.74 Å². The van der Waals surface area contributed by atoms with Crippen molar-refractivity contribution in [2.45, 2.75) is 341 Å². The fraction of sp³-hybridized carbons (Fsp3) is 0.873. The molecule has 2 unspecified atom stereocenters. The van der Waals surface area contributed by atoms with Gasteiger partial charge in [0.25, 0.3) is 0 Å². The van der Waals surface area contributed by atoms with E-state index < -0.39 is 12.1 Å². The zero-order valence-electron chi connectivity index (χ0n) is 46.3. The van der Waals surface area contributed by atoms with E-state index in [9.17, 15) is 19.8 Å². The summed E-state index contributed by atoms with van der Waals surface area (Å²) in [5.74, 6) is -0.0884. The molecule has 6 heteroatoms. The van der Waals surface area contributed by atoms with Crippen molar-refractivity contribution in [2.75, 3.05) is 13.2 Å². The molecule has 0 radical (unpaired) electrons. The Morgan fingerprint density at radius 2 is 0.725 bits per heavy atom. The zero-order chi connectivity index (χ0) is 50.0. The van der Waals surface area contributed by atoms with Crippen molar-refractivity contribution >= 4 is 11.9 Å². The summed E-state index contributed by atoms with van der Waals surface area (Å²) in [6.07, 6.45) is 72.9. The third-order valence-corrected chi connectivity index (χ3v) is 14.2. The van der Waals surface area contributed by atoms with Gasteiger partial charge in [-0.15, -0.1) is 0 Å². The average molecular weight is 971 g/mol. The van der Waals surface area contributed by atoms with E-state index in [0.717, 1.165) is 83.5 Å². The van der Waals surface area contributed by atoms with Gasteiger partial charge in [0.15, 0.2) is 0 Å². The molecular weight excluding hydrogens is 851 g/mol. The van der Waals surface area contributed by atoms with Crippen LogP contribution < -0.4 is 5.32 Å². The van der Waals surface area contributed by atoms with Crippen molar-refractivity contribution in [3.63, 3.8) is 0 Å². The summed E-state index contributed by atoms with van der Waals surface area (Å²) in [7, 11) is 0. The monoisotopic (exact) mass is 970 g/mol. The summed E-state index contributed by atoms with van der Waals surface area (Å²) in [6, 6.07) is -0.563. The third-order valence-electron chi connectivity index (χ3n) is 14.2. The Bertz CT molecular complexity index is 1120. The van der Waals surface area contributed by atoms with Gasteiger partial charge in [-0.1, -0.05) is 262 Å². The predicted molar refractivity (Wildman–Crippen MR) is 301 cm³/mol. The minimum absolute atomic E-state index is 0.0298. The number of aliphatic hydroxyl groups excluding tert-OH is 2. The van der Waals surface area contributed by atoms with Crippen LogP contribution in [0.4, 0.5) is 0 Å². The number of carbonyl (C=O) groups is 2. The molecular formula is C63H119NO5. The normalized spacial score (nSPS) is 12.8. The Labute approximate surface area is 430 Å². The number of aliphatic hydroxyl groups is 2. The smallest absolute Gasteiger partial charge is 0.305 e. The first-order valence-corrected chi connectivity index (χ1v) is 30.7. The largest absolute Gasteiger partial charge is 0.466 e. The number of allylic oxidation sites excluding steroid dienone is 6. The molecule has 0 aliphatic carbocycles. The SMILES string of the molecule is CCCCC/C=C\C/C=C\CCCCCCCCCC(=O)OCCCCC/C=C\CCCCCCCC(=O)NC(CO)C(O)CCCCCCCCCCCCCCCCCCCCCCCCC. The van der Waals surface area contributed by atoms with Crippen LogP contribution in [-0.4, -0.2) is 47.4 Å². The van der Waals surface area contributed by atoms with Gasteiger partial charge in [0.1, 0.15) is 0 Å². The maximum atomic E-state index is 12.5. The first-order valence-electron chi connectivity index (χ1n) is 30.7. The fourth-order valence-electron chi connectivity index (χ4n) is 9.43. The lowest BCUT2D eigenvalue weighted by atomic mass is 10.0. The van der Waals surface area contributed by atoms with E-state index in [0.29, 0.717) is 25.9 Å². The molecule has 0 fully saturated rings. The number of carbonyl (C=O) groups excluding carboxylic acids is 2. The maximum Gasteiger partial charge on any atom is 0.305 e. The van der Waals surface area contributed by atoms with Gasteiger partial charge in [-0.2, -0.15) is 0 Å². The summed E-state index contributed by atoms with van der Waals surface area (Å²) in [5, 5.41) is 23.4. The topological polar surface area (TPSA) is 95.9 Å². The second kappa shape index (κ2) is 58.6. The minimum atomic E-state index is -0.683. The molecule has 0 aromatic rings. The lowest BCUT2D eigenvalue weighted by Crippen LogP contribution is -2.45. The van der Waals surface area contributed by atoms with Crippen molar-refractivity contribution in [2.24, 2.45) is 0 Å². The standard InChI is InChI=1S/C63H119NO5/c1-3-5-7-9-11-13-15-17-19-21-22-23-24-25-26-28-29-31-35-39-43-47-51-55-61(66)60(59-65)64-62(67)56-52-48-44-40-36-33-34-38-42-46-50-54-58-69-63(68)57-53-49-45-41-37-32-30-27-20-18-16-14-12-10-8-6-4-2/h12,14,18,20,34,38,60-61,65-66H,3-11,13,15-17,19,21-33,35-37,39-59H2,1-2H3,(H,64,67)/b14-12-,20-18-,38-34-. The minimum Gasteiger partial charge on any atom is -0.466 e. The molecule has 69 heavy (non-hydrogen) atoms. The lowest BCUT2D eigenvalue weighted by Gasteiger charge is -2.22. The highest BCUT2D eigenvalue weighted by atomic mass is 16.5. The van der Waals surface area contributed by atoms with Crippen LogP contribution in [0.15, 0.2) is 36.5 Å². The molecule has 406 valence electrons. The summed E-state index contributed by atoms with van der Waals surface area (Å²) < 4.78 is 5.46. The van der Waals surface area contributed by atoms with Crippen LogP contribution in [0, 0.1) is 0 Å². The van der Waals surface area contributed by atoms with Crippen molar-refractivity contribution in [3.05, 3.63) is 36.5 Å². The first kappa shape index (κ1) is 67.1. The van der Waals surface area contributed by atoms with Crippen LogP contribution in [-0.2, 0) is 14.3 Å². The Balaban J connectivity index is 3.49. The van der Waals surface area contributed by atoms with Crippen LogP contribution in [0.3, 0.4) is 0 Å². The molecule has 0 aromatic heterocycles. The molecule has 0 rings (SSSR count). The number of esters is 1. The van der Waals surface area contributed by atoms with E-state index >= 15 is 0 Å². The number of hydrogen-bond donors (Lipinski definition) is 3. The highest BCUT2D eigenvalue weighted by Crippen LogP contribution is 2.17. The van der Waals surface area contributed by atoms with Crippen LogP contribution in [0.25, 0.3) is 0 Å². The fourth-order valence-corrected chi connectivity index (χ4v) is 9.43. The number of rotatable bonds is 57. The van der Waals surface area contributed by atoms with Crippen molar-refractivity contribution < 1.29 is 24.5 Å². The average Bonchev–Trinajstić information content (AvgIpc) is 3.35. The van der Waals surface area contributed by atoms with Crippen LogP contribution in [0.5, 0.6) is 0 Å². The van der Waals surface area contributed by atoms with E-state index in [1.165, 1.54) is 212 Å². The van der Waals surface area contributed by atoms with E-state index in [2.05, 4.69) is 55.6 Å². The van der Waals surface area contributed by atoms with Gasteiger partial charge in [-0.3, -0.25) is 9.59 Å². The molecule has 3 N–H and O–H groups in total. The maximum absolute atomic E-state index is 12.5. The van der Waals surface area contributed by atoms with Gasteiger partial charge in [0, 0.05) is 12.8 Å². The molecule has 0 saturated carbocycles. The van der Waals surface area contributed by atoms with Crippen molar-refractivity contribution in [1.29, 1.82) is 0 Å². The van der Waals surface area contributed by atoms with Crippen LogP contribution in [0.2, 0.25) is 0 Å². The Kier molecular flexibility index (Phi) is 57.0. The highest BCUT2D eigenvalue weighted by Gasteiger charge is 2.20. The number of ether oxygens (including phenoxy) is 1. The van der Waals surface area contributed by atoms with Gasteiger partial charge in [0.05, 0.1) is 25.4 Å². The Morgan fingerprint density at radius 1 is 0.406 bits per heavy atom. The van der Waals surface area contributed by atoms with Gasteiger partial charge < -0.3 is 20.3 Å². The molecule has 1 amide bonds. The second-order valence-electron chi connectivity index (χ2n) is 21.0. The molecule has 0 aliphatic heterocycles. The van der Waals surface area contributed by atoms with E-state index in [1.807, 2.05) is 0 Å².